The predicted octanol–water partition coefficient (Wildman–Crippen LogP) is 2.25. The van der Waals surface area contributed by atoms with Crippen LogP contribution in [0.15, 0.2) is 18.2 Å². The summed E-state index contributed by atoms with van der Waals surface area (Å²) in [5.41, 5.74) is 5.77. The van der Waals surface area contributed by atoms with Crippen molar-refractivity contribution in [2.75, 3.05) is 0 Å². The number of halogens is 2. The first kappa shape index (κ1) is 11.4. The molecule has 0 spiro atoms. The molecule has 14 heavy (non-hydrogen) atoms. The number of aliphatic hydroxyl groups is 1. The lowest BCUT2D eigenvalue weighted by molar-refractivity contribution is 0.140. The van der Waals surface area contributed by atoms with Crippen LogP contribution < -0.4 is 5.73 Å². The summed E-state index contributed by atoms with van der Waals surface area (Å²) in [6, 6.07) is 3.59. The van der Waals surface area contributed by atoms with Gasteiger partial charge in [-0.25, -0.2) is 4.39 Å². The molecule has 1 aromatic rings. The molecule has 0 aliphatic carbocycles. The summed E-state index contributed by atoms with van der Waals surface area (Å²) >= 11 is 5.69. The number of hydrogen-bond donors (Lipinski definition) is 2. The predicted molar refractivity (Wildman–Crippen MR) is 54.6 cm³/mol. The van der Waals surface area contributed by atoms with Gasteiger partial charge < -0.3 is 10.8 Å². The van der Waals surface area contributed by atoms with Gasteiger partial charge in [-0.1, -0.05) is 18.5 Å². The number of aliphatic hydroxyl groups excluding tert-OH is 1. The first-order chi connectivity index (χ1) is 6.56. The molecule has 0 aliphatic rings. The Morgan fingerprint density at radius 2 is 2.21 bits per heavy atom. The van der Waals surface area contributed by atoms with E-state index in [9.17, 15) is 9.50 Å². The normalized spacial score (nSPS) is 15.2. The first-order valence-electron chi connectivity index (χ1n) is 4.44. The lowest BCUT2D eigenvalue weighted by Gasteiger charge is -2.18. The first-order valence-corrected chi connectivity index (χ1v) is 4.82. The molecule has 0 aliphatic heterocycles. The van der Waals surface area contributed by atoms with Crippen molar-refractivity contribution < 1.29 is 9.50 Å². The molecule has 0 bridgehead atoms. The van der Waals surface area contributed by atoms with Crippen molar-refractivity contribution in [2.24, 2.45) is 5.73 Å². The average molecular weight is 218 g/mol. The lowest BCUT2D eigenvalue weighted by Crippen LogP contribution is -2.27. The molecule has 0 aromatic heterocycles. The van der Waals surface area contributed by atoms with Gasteiger partial charge in [-0.05, 0) is 24.6 Å². The second-order valence-electron chi connectivity index (χ2n) is 3.18. The van der Waals surface area contributed by atoms with Gasteiger partial charge in [0.2, 0.25) is 0 Å². The molecule has 3 N–H and O–H groups in total. The van der Waals surface area contributed by atoms with Crippen LogP contribution in [-0.2, 0) is 0 Å². The van der Waals surface area contributed by atoms with Crippen molar-refractivity contribution in [1.82, 2.24) is 0 Å². The van der Waals surface area contributed by atoms with Crippen molar-refractivity contribution in [3.63, 3.8) is 0 Å². The van der Waals surface area contributed by atoms with E-state index in [2.05, 4.69) is 0 Å². The summed E-state index contributed by atoms with van der Waals surface area (Å²) in [4.78, 5) is 0. The second kappa shape index (κ2) is 4.73. The van der Waals surface area contributed by atoms with Crippen LogP contribution in [0.25, 0.3) is 0 Å². The molecule has 2 atom stereocenters. The minimum Gasteiger partial charge on any atom is -0.387 e. The molecule has 0 radical (unpaired) electrons. The fourth-order valence-electron chi connectivity index (χ4n) is 1.20. The third-order valence-corrected chi connectivity index (χ3v) is 2.39. The summed E-state index contributed by atoms with van der Waals surface area (Å²) in [5.74, 6) is -0.481. The quantitative estimate of drug-likeness (QED) is 0.816. The van der Waals surface area contributed by atoms with Crippen molar-refractivity contribution >= 4 is 11.6 Å². The fourth-order valence-corrected chi connectivity index (χ4v) is 1.38. The van der Waals surface area contributed by atoms with Crippen LogP contribution in [0.5, 0.6) is 0 Å². The Hall–Kier alpha value is -0.640. The Morgan fingerprint density at radius 3 is 2.79 bits per heavy atom. The van der Waals surface area contributed by atoms with Gasteiger partial charge >= 0.3 is 0 Å². The highest BCUT2D eigenvalue weighted by Crippen LogP contribution is 2.23. The van der Waals surface area contributed by atoms with E-state index in [0.29, 0.717) is 11.4 Å². The molecular weight excluding hydrogens is 205 g/mol. The molecule has 4 heteroatoms. The highest BCUT2D eigenvalue weighted by atomic mass is 35.5. The summed E-state index contributed by atoms with van der Waals surface area (Å²) in [6.07, 6.45) is -0.425. The minimum atomic E-state index is -1.00. The van der Waals surface area contributed by atoms with Crippen LogP contribution in [0.1, 0.15) is 25.0 Å². The molecule has 0 unspecified atom stereocenters. The van der Waals surface area contributed by atoms with Crippen molar-refractivity contribution in [3.8, 4) is 0 Å². The largest absolute Gasteiger partial charge is 0.387 e. The molecule has 1 rings (SSSR count). The van der Waals surface area contributed by atoms with Gasteiger partial charge in [-0.15, -0.1) is 0 Å². The summed E-state index contributed by atoms with van der Waals surface area (Å²) in [5, 5.41) is 10.1. The van der Waals surface area contributed by atoms with Gasteiger partial charge in [0.15, 0.2) is 0 Å². The van der Waals surface area contributed by atoms with Gasteiger partial charge in [0.25, 0.3) is 0 Å². The van der Waals surface area contributed by atoms with E-state index in [-0.39, 0.29) is 5.56 Å². The molecule has 1 aromatic carbocycles. The van der Waals surface area contributed by atoms with E-state index in [4.69, 9.17) is 17.3 Å². The molecule has 78 valence electrons. The Morgan fingerprint density at radius 1 is 1.57 bits per heavy atom. The average Bonchev–Trinajstić information content (AvgIpc) is 2.19. The molecule has 0 heterocycles. The van der Waals surface area contributed by atoms with Gasteiger partial charge in [0.05, 0.1) is 6.10 Å². The Bertz CT molecular complexity index is 319. The van der Waals surface area contributed by atoms with Gasteiger partial charge in [-0.2, -0.15) is 0 Å². The monoisotopic (exact) mass is 217 g/mol. The standard InChI is InChI=1S/C10H13ClFNO/c1-2-9(13)10(14)7-5-6(11)3-4-8(7)12/h3-5,9-10,14H,2,13H2,1H3/t9-,10+/m1/s1. The Kier molecular flexibility index (Phi) is 3.86. The van der Waals surface area contributed by atoms with E-state index < -0.39 is 18.0 Å². The molecule has 0 saturated carbocycles. The smallest absolute Gasteiger partial charge is 0.129 e. The van der Waals surface area contributed by atoms with Crippen molar-refractivity contribution in [3.05, 3.63) is 34.6 Å². The van der Waals surface area contributed by atoms with Gasteiger partial charge in [-0.3, -0.25) is 0 Å². The van der Waals surface area contributed by atoms with Crippen LogP contribution in [0.2, 0.25) is 5.02 Å². The second-order valence-corrected chi connectivity index (χ2v) is 3.62. The summed E-state index contributed by atoms with van der Waals surface area (Å²) in [6.45, 7) is 1.83. The zero-order chi connectivity index (χ0) is 10.7. The van der Waals surface area contributed by atoms with E-state index in [1.165, 1.54) is 18.2 Å². The van der Waals surface area contributed by atoms with Crippen molar-refractivity contribution in [1.29, 1.82) is 0 Å². The molecule has 2 nitrogen and oxygen atoms in total. The van der Waals surface area contributed by atoms with Gasteiger partial charge in [0.1, 0.15) is 5.82 Å². The van der Waals surface area contributed by atoms with E-state index >= 15 is 0 Å². The zero-order valence-electron chi connectivity index (χ0n) is 7.87. The Labute approximate surface area is 87.5 Å². The maximum absolute atomic E-state index is 13.2. The highest BCUT2D eigenvalue weighted by Gasteiger charge is 2.18. The topological polar surface area (TPSA) is 46.2 Å². The number of hydrogen-bond acceptors (Lipinski definition) is 2. The van der Waals surface area contributed by atoms with E-state index in [1.54, 1.807) is 0 Å². The number of benzene rings is 1. The van der Waals surface area contributed by atoms with Crippen LogP contribution >= 0.6 is 11.6 Å². The van der Waals surface area contributed by atoms with Crippen LogP contribution in [0, 0.1) is 5.82 Å². The Balaban J connectivity index is 2.99. The maximum atomic E-state index is 13.2. The molecule has 0 saturated heterocycles. The third-order valence-electron chi connectivity index (χ3n) is 2.15. The fraction of sp³-hybridized carbons (Fsp3) is 0.400. The molecule has 0 amide bonds. The lowest BCUT2D eigenvalue weighted by atomic mass is 10.0. The van der Waals surface area contributed by atoms with Crippen LogP contribution in [0.4, 0.5) is 4.39 Å². The minimum absolute atomic E-state index is 0.159. The van der Waals surface area contributed by atoms with Crippen LogP contribution in [-0.4, -0.2) is 11.1 Å². The number of nitrogens with two attached hydrogens (primary N) is 1. The number of rotatable bonds is 3. The van der Waals surface area contributed by atoms with E-state index in [0.717, 1.165) is 0 Å². The third kappa shape index (κ3) is 2.44. The maximum Gasteiger partial charge on any atom is 0.129 e. The van der Waals surface area contributed by atoms with Crippen LogP contribution in [0.3, 0.4) is 0 Å². The summed E-state index contributed by atoms with van der Waals surface area (Å²) < 4.78 is 13.2. The highest BCUT2D eigenvalue weighted by molar-refractivity contribution is 6.30. The summed E-state index contributed by atoms with van der Waals surface area (Å²) in [7, 11) is 0. The van der Waals surface area contributed by atoms with Crippen molar-refractivity contribution in [2.45, 2.75) is 25.5 Å². The molecule has 0 fully saturated rings. The van der Waals surface area contributed by atoms with Gasteiger partial charge in [0, 0.05) is 16.6 Å². The van der Waals surface area contributed by atoms with E-state index in [1.807, 2.05) is 6.92 Å². The SMILES string of the molecule is CC[C@@H](N)[C@@H](O)c1cc(Cl)ccc1F. The zero-order valence-corrected chi connectivity index (χ0v) is 8.63. The molecular formula is C10H13ClFNO.